The molecule has 0 aliphatic rings. The molecule has 3 aromatic carbocycles. The van der Waals surface area contributed by atoms with Gasteiger partial charge in [-0.3, -0.25) is 0 Å². The molecule has 0 aliphatic carbocycles. The second kappa shape index (κ2) is 18.3. The third kappa shape index (κ3) is 11.9. The van der Waals surface area contributed by atoms with Crippen molar-refractivity contribution < 1.29 is 4.74 Å². The normalized spacial score (nSPS) is 13.7. The second-order valence-corrected chi connectivity index (χ2v) is 11.3. The number of aryl methyl sites for hydroxylation is 1. The molecule has 3 rings (SSSR count). The van der Waals surface area contributed by atoms with E-state index >= 15 is 0 Å². The molecule has 0 saturated heterocycles. The zero-order valence-corrected chi connectivity index (χ0v) is 25.3. The van der Waals surface area contributed by atoms with Crippen molar-refractivity contribution in [1.82, 2.24) is 9.80 Å². The van der Waals surface area contributed by atoms with Gasteiger partial charge in [0.1, 0.15) is 12.4 Å². The monoisotopic (exact) mass is 542 g/mol. The van der Waals surface area contributed by atoms with Gasteiger partial charge in [-0.1, -0.05) is 106 Å². The van der Waals surface area contributed by atoms with E-state index in [2.05, 4.69) is 133 Å². The van der Waals surface area contributed by atoms with Gasteiger partial charge in [-0.2, -0.15) is 0 Å². The first-order valence-electron chi connectivity index (χ1n) is 14.0. The molecular weight excluding hydrogens is 488 g/mol. The van der Waals surface area contributed by atoms with Crippen LogP contribution in [0.25, 0.3) is 0 Å². The lowest BCUT2D eigenvalue weighted by Gasteiger charge is -2.24. The van der Waals surface area contributed by atoms with Crippen LogP contribution in [0.2, 0.25) is 0 Å². The fraction of sp³-hybridized carbons (Fsp3) is 0.405. The van der Waals surface area contributed by atoms with Gasteiger partial charge >= 0.3 is 0 Å². The highest BCUT2D eigenvalue weighted by molar-refractivity contribution is 5.33. The van der Waals surface area contributed by atoms with Crippen LogP contribution in [-0.4, -0.2) is 51.1 Å². The van der Waals surface area contributed by atoms with Crippen LogP contribution in [-0.2, 0) is 6.61 Å². The standard InChI is InChI=1S/C21H27NO.C15H23N.CH4/c1-5-21(17(2)15-22(3)4)19-12-9-13-20(14-19)23-16-18-10-7-6-8-11-18;1-6-15(13(3)11-16(4)5)14-9-7-8-12(2)10-14;/h5-14,17,21H,1,15-16H2,2-4H3;6-10,13,15H,1,11H2,2-5H3;1H4/t17-,21?;13-,15?;/m00./s1. The second-order valence-electron chi connectivity index (χ2n) is 11.3. The van der Waals surface area contributed by atoms with E-state index in [-0.39, 0.29) is 7.43 Å². The minimum atomic E-state index is 0. The van der Waals surface area contributed by atoms with Crippen molar-refractivity contribution in [3.63, 3.8) is 0 Å². The third-order valence-corrected chi connectivity index (χ3v) is 6.96. The molecule has 0 aliphatic heterocycles. The van der Waals surface area contributed by atoms with E-state index in [1.54, 1.807) is 0 Å². The van der Waals surface area contributed by atoms with Crippen LogP contribution in [0.4, 0.5) is 0 Å². The lowest BCUT2D eigenvalue weighted by atomic mass is 9.86. The average molecular weight is 543 g/mol. The van der Waals surface area contributed by atoms with Crippen LogP contribution in [0.1, 0.15) is 55.4 Å². The third-order valence-electron chi connectivity index (χ3n) is 6.96. The van der Waals surface area contributed by atoms with Crippen LogP contribution < -0.4 is 4.74 Å². The summed E-state index contributed by atoms with van der Waals surface area (Å²) in [6.45, 7) is 17.4. The van der Waals surface area contributed by atoms with Gasteiger partial charge in [-0.15, -0.1) is 13.2 Å². The Balaban J connectivity index is 0.000000416. The molecule has 218 valence electrons. The van der Waals surface area contributed by atoms with E-state index in [1.165, 1.54) is 22.3 Å². The first-order valence-corrected chi connectivity index (χ1v) is 14.0. The average Bonchev–Trinajstić information content (AvgIpc) is 2.89. The van der Waals surface area contributed by atoms with Crippen molar-refractivity contribution in [3.05, 3.63) is 126 Å². The van der Waals surface area contributed by atoms with Crippen molar-refractivity contribution >= 4 is 0 Å². The zero-order valence-electron chi connectivity index (χ0n) is 25.3. The topological polar surface area (TPSA) is 15.7 Å². The molecule has 0 spiro atoms. The summed E-state index contributed by atoms with van der Waals surface area (Å²) in [5, 5.41) is 0. The molecule has 0 bridgehead atoms. The van der Waals surface area contributed by atoms with Gasteiger partial charge in [-0.25, -0.2) is 0 Å². The van der Waals surface area contributed by atoms with Gasteiger partial charge in [-0.05, 0) is 75.8 Å². The summed E-state index contributed by atoms with van der Waals surface area (Å²) in [7, 11) is 8.45. The Labute approximate surface area is 246 Å². The van der Waals surface area contributed by atoms with Crippen molar-refractivity contribution in [2.24, 2.45) is 11.8 Å². The van der Waals surface area contributed by atoms with Gasteiger partial charge in [0.05, 0.1) is 0 Å². The first-order chi connectivity index (χ1) is 18.6. The highest BCUT2D eigenvalue weighted by Crippen LogP contribution is 2.29. The van der Waals surface area contributed by atoms with E-state index in [9.17, 15) is 0 Å². The van der Waals surface area contributed by atoms with Gasteiger partial charge in [0.15, 0.2) is 0 Å². The number of hydrogen-bond acceptors (Lipinski definition) is 3. The maximum absolute atomic E-state index is 5.94. The molecule has 0 heterocycles. The maximum atomic E-state index is 5.94. The molecule has 3 nitrogen and oxygen atoms in total. The van der Waals surface area contributed by atoms with Gasteiger partial charge < -0.3 is 14.5 Å². The Kier molecular flexibility index (Phi) is 15.9. The van der Waals surface area contributed by atoms with Crippen LogP contribution in [0.3, 0.4) is 0 Å². The fourth-order valence-electron chi connectivity index (χ4n) is 5.20. The van der Waals surface area contributed by atoms with Crippen molar-refractivity contribution in [2.45, 2.75) is 46.6 Å². The minimum absolute atomic E-state index is 0. The lowest BCUT2D eigenvalue weighted by Crippen LogP contribution is -2.23. The summed E-state index contributed by atoms with van der Waals surface area (Å²) in [5.41, 5.74) is 5.14. The van der Waals surface area contributed by atoms with Crippen molar-refractivity contribution in [3.8, 4) is 5.75 Å². The molecule has 0 aromatic heterocycles. The maximum Gasteiger partial charge on any atom is 0.120 e. The van der Waals surface area contributed by atoms with Gasteiger partial charge in [0.2, 0.25) is 0 Å². The quantitative estimate of drug-likeness (QED) is 0.201. The minimum Gasteiger partial charge on any atom is -0.489 e. The Morgan fingerprint density at radius 2 is 1.20 bits per heavy atom. The summed E-state index contributed by atoms with van der Waals surface area (Å²) in [4.78, 5) is 4.45. The van der Waals surface area contributed by atoms with Gasteiger partial charge in [0.25, 0.3) is 0 Å². The van der Waals surface area contributed by atoms with Crippen LogP contribution in [0.15, 0.2) is 104 Å². The van der Waals surface area contributed by atoms with E-state index in [4.69, 9.17) is 4.74 Å². The number of allylic oxidation sites excluding steroid dienone is 2. The summed E-state index contributed by atoms with van der Waals surface area (Å²) in [5.74, 6) is 2.79. The molecule has 3 aromatic rings. The number of rotatable bonds is 13. The van der Waals surface area contributed by atoms with Crippen LogP contribution >= 0.6 is 0 Å². The number of nitrogens with zero attached hydrogens (tertiary/aromatic N) is 2. The zero-order chi connectivity index (χ0) is 28.8. The first kappa shape index (κ1) is 34.9. The fourth-order valence-corrected chi connectivity index (χ4v) is 5.20. The predicted octanol–water partition coefficient (Wildman–Crippen LogP) is 8.83. The predicted molar refractivity (Wildman–Crippen MR) is 176 cm³/mol. The number of hydrogen-bond donors (Lipinski definition) is 0. The molecular formula is C37H54N2O. The Morgan fingerprint density at radius 3 is 1.68 bits per heavy atom. The number of benzene rings is 3. The summed E-state index contributed by atoms with van der Waals surface area (Å²) < 4.78 is 5.94. The SMILES string of the molecule is C.C=CC(c1cccc(C)c1)[C@@H](C)CN(C)C.C=CC(c1cccc(OCc2ccccc2)c1)[C@@H](C)CN(C)C. The summed E-state index contributed by atoms with van der Waals surface area (Å²) in [6.07, 6.45) is 4.12. The van der Waals surface area contributed by atoms with Crippen LogP contribution in [0, 0.1) is 18.8 Å². The van der Waals surface area contributed by atoms with Gasteiger partial charge in [0, 0.05) is 24.9 Å². The van der Waals surface area contributed by atoms with Crippen LogP contribution in [0.5, 0.6) is 5.75 Å². The summed E-state index contributed by atoms with van der Waals surface area (Å²) >= 11 is 0. The van der Waals surface area contributed by atoms with E-state index in [0.717, 1.165) is 18.8 Å². The molecule has 40 heavy (non-hydrogen) atoms. The number of ether oxygens (including phenoxy) is 1. The van der Waals surface area contributed by atoms with E-state index in [1.807, 2.05) is 30.3 Å². The van der Waals surface area contributed by atoms with Crippen molar-refractivity contribution in [2.75, 3.05) is 41.3 Å². The molecule has 2 unspecified atom stereocenters. The largest absolute Gasteiger partial charge is 0.489 e. The lowest BCUT2D eigenvalue weighted by molar-refractivity contribution is 0.304. The molecule has 4 atom stereocenters. The molecule has 0 N–H and O–H groups in total. The highest BCUT2D eigenvalue weighted by atomic mass is 16.5. The smallest absolute Gasteiger partial charge is 0.120 e. The Hall–Kier alpha value is -3.14. The molecule has 3 heteroatoms. The van der Waals surface area contributed by atoms with E-state index < -0.39 is 0 Å². The molecule has 0 radical (unpaired) electrons. The van der Waals surface area contributed by atoms with E-state index in [0.29, 0.717) is 30.3 Å². The van der Waals surface area contributed by atoms with Crippen molar-refractivity contribution in [1.29, 1.82) is 0 Å². The Morgan fingerprint density at radius 1 is 0.700 bits per heavy atom. The molecule has 0 fully saturated rings. The Bertz CT molecular complexity index is 1120. The summed E-state index contributed by atoms with van der Waals surface area (Å²) in [6, 6.07) is 27.4. The molecule has 0 saturated carbocycles. The highest BCUT2D eigenvalue weighted by Gasteiger charge is 2.18. The molecule has 0 amide bonds.